The molecule has 5 nitrogen and oxygen atoms in total. The summed E-state index contributed by atoms with van der Waals surface area (Å²) in [5.41, 5.74) is 2.15. The largest absolute Gasteiger partial charge is 0.485 e. The second-order valence-electron chi connectivity index (χ2n) is 6.79. The van der Waals surface area contributed by atoms with Gasteiger partial charge in [0.05, 0.1) is 0 Å². The molecule has 1 atom stereocenters. The lowest BCUT2D eigenvalue weighted by Crippen LogP contribution is -2.24. The molecular formula is C23H18ClN3O2S. The van der Waals surface area contributed by atoms with Crippen LogP contribution in [0.2, 0.25) is 5.02 Å². The minimum Gasteiger partial charge on any atom is -0.485 e. The zero-order valence-corrected chi connectivity index (χ0v) is 17.5. The van der Waals surface area contributed by atoms with Crippen LogP contribution in [-0.2, 0) is 5.75 Å². The summed E-state index contributed by atoms with van der Waals surface area (Å²) in [6, 6.07) is 25.6. The highest BCUT2D eigenvalue weighted by atomic mass is 35.5. The van der Waals surface area contributed by atoms with Gasteiger partial charge in [0.1, 0.15) is 6.61 Å². The third-order valence-electron chi connectivity index (χ3n) is 4.75. The number of hydrogen-bond acceptors (Lipinski definition) is 5. The molecule has 0 N–H and O–H groups in total. The molecule has 0 saturated heterocycles. The number of benzene rings is 3. The average Bonchev–Trinajstić information content (AvgIpc) is 3.23. The van der Waals surface area contributed by atoms with E-state index < -0.39 is 0 Å². The van der Waals surface area contributed by atoms with E-state index in [2.05, 4.69) is 10.2 Å². The lowest BCUT2D eigenvalue weighted by molar-refractivity contribution is 0.0835. The molecule has 1 aliphatic heterocycles. The Bertz CT molecular complexity index is 1150. The summed E-state index contributed by atoms with van der Waals surface area (Å²) in [4.78, 5) is 0. The van der Waals surface area contributed by atoms with Gasteiger partial charge in [-0.05, 0) is 42.0 Å². The monoisotopic (exact) mass is 435 g/mol. The first-order valence-corrected chi connectivity index (χ1v) is 10.9. The number of nitrogens with zero attached hydrogens (tertiary/aromatic N) is 3. The Kier molecular flexibility index (Phi) is 5.34. The summed E-state index contributed by atoms with van der Waals surface area (Å²) in [5.74, 6) is 2.94. The quantitative estimate of drug-likeness (QED) is 0.375. The van der Waals surface area contributed by atoms with Crippen molar-refractivity contribution in [3.05, 3.63) is 95.3 Å². The summed E-state index contributed by atoms with van der Waals surface area (Å²) in [5, 5.41) is 10.5. The predicted molar refractivity (Wildman–Crippen MR) is 118 cm³/mol. The molecule has 0 amide bonds. The summed E-state index contributed by atoms with van der Waals surface area (Å²) in [6.45, 7) is 0.379. The van der Waals surface area contributed by atoms with Gasteiger partial charge in [-0.15, -0.1) is 10.2 Å². The highest BCUT2D eigenvalue weighted by Gasteiger charge is 2.29. The lowest BCUT2D eigenvalue weighted by Gasteiger charge is -2.26. The number of ether oxygens (including phenoxy) is 2. The molecule has 4 aromatic rings. The zero-order valence-electron chi connectivity index (χ0n) is 15.9. The maximum absolute atomic E-state index is 6.20. The fourth-order valence-electron chi connectivity index (χ4n) is 3.28. The Hall–Kier alpha value is -2.96. The van der Waals surface area contributed by atoms with Crippen LogP contribution in [0.25, 0.3) is 5.69 Å². The smallest absolute Gasteiger partial charge is 0.196 e. The Morgan fingerprint density at radius 2 is 1.63 bits per heavy atom. The van der Waals surface area contributed by atoms with Crippen LogP contribution in [0, 0.1) is 0 Å². The number of hydrogen-bond donors (Lipinski definition) is 0. The van der Waals surface area contributed by atoms with Gasteiger partial charge in [-0.2, -0.15) is 0 Å². The fraction of sp³-hybridized carbons (Fsp3) is 0.130. The Balaban J connectivity index is 1.47. The van der Waals surface area contributed by atoms with Crippen LogP contribution in [0.3, 0.4) is 0 Å². The molecule has 0 spiro atoms. The van der Waals surface area contributed by atoms with Crippen molar-refractivity contribution in [1.29, 1.82) is 0 Å². The standard InChI is InChI=1S/C23H18ClN3O2S/c24-17-12-10-16(11-13-17)15-30-23-26-25-22(27(23)18-6-2-1-3-7-18)21-14-28-19-8-4-5-9-20(19)29-21/h1-13,21H,14-15H2. The third-order valence-corrected chi connectivity index (χ3v) is 6.00. The molecule has 30 heavy (non-hydrogen) atoms. The first kappa shape index (κ1) is 19.0. The van der Waals surface area contributed by atoms with E-state index in [4.69, 9.17) is 21.1 Å². The molecule has 1 unspecified atom stereocenters. The van der Waals surface area contributed by atoms with Crippen molar-refractivity contribution in [2.45, 2.75) is 17.0 Å². The maximum Gasteiger partial charge on any atom is 0.196 e. The normalized spacial score (nSPS) is 15.2. The molecular weight excluding hydrogens is 418 g/mol. The van der Waals surface area contributed by atoms with Gasteiger partial charge >= 0.3 is 0 Å². The minimum atomic E-state index is -0.350. The van der Waals surface area contributed by atoms with E-state index in [0.717, 1.165) is 27.4 Å². The number of para-hydroxylation sites is 3. The van der Waals surface area contributed by atoms with Gasteiger partial charge in [-0.3, -0.25) is 4.57 Å². The summed E-state index contributed by atoms with van der Waals surface area (Å²) in [7, 11) is 0. The van der Waals surface area contributed by atoms with Crippen LogP contribution in [0.4, 0.5) is 0 Å². The van der Waals surface area contributed by atoms with E-state index in [0.29, 0.717) is 18.2 Å². The molecule has 150 valence electrons. The Morgan fingerprint density at radius 1 is 0.900 bits per heavy atom. The summed E-state index contributed by atoms with van der Waals surface area (Å²) >= 11 is 7.62. The van der Waals surface area contributed by atoms with Crippen LogP contribution in [-0.4, -0.2) is 21.4 Å². The molecule has 5 rings (SSSR count). The number of fused-ring (bicyclic) bond motifs is 1. The van der Waals surface area contributed by atoms with E-state index in [1.54, 1.807) is 11.8 Å². The molecule has 2 heterocycles. The first-order valence-electron chi connectivity index (χ1n) is 9.54. The highest BCUT2D eigenvalue weighted by molar-refractivity contribution is 7.98. The molecule has 7 heteroatoms. The van der Waals surface area contributed by atoms with E-state index >= 15 is 0 Å². The second kappa shape index (κ2) is 8.42. The van der Waals surface area contributed by atoms with Gasteiger partial charge in [0, 0.05) is 16.5 Å². The van der Waals surface area contributed by atoms with Gasteiger partial charge < -0.3 is 9.47 Å². The molecule has 0 aliphatic carbocycles. The lowest BCUT2D eigenvalue weighted by atomic mass is 10.2. The maximum atomic E-state index is 6.20. The van der Waals surface area contributed by atoms with Crippen LogP contribution >= 0.6 is 23.4 Å². The van der Waals surface area contributed by atoms with Crippen molar-refractivity contribution in [3.63, 3.8) is 0 Å². The summed E-state index contributed by atoms with van der Waals surface area (Å²) < 4.78 is 14.1. The predicted octanol–water partition coefficient (Wildman–Crippen LogP) is 5.73. The molecule has 3 aromatic carbocycles. The second-order valence-corrected chi connectivity index (χ2v) is 8.17. The van der Waals surface area contributed by atoms with Crippen molar-refractivity contribution < 1.29 is 9.47 Å². The van der Waals surface area contributed by atoms with Gasteiger partial charge in [0.15, 0.2) is 28.6 Å². The van der Waals surface area contributed by atoms with E-state index in [1.165, 1.54) is 5.56 Å². The summed E-state index contributed by atoms with van der Waals surface area (Å²) in [6.07, 6.45) is -0.350. The average molecular weight is 436 g/mol. The number of aromatic nitrogens is 3. The van der Waals surface area contributed by atoms with Crippen LogP contribution in [0.15, 0.2) is 84.0 Å². The molecule has 1 aliphatic rings. The molecule has 0 bridgehead atoms. The Morgan fingerprint density at radius 3 is 2.43 bits per heavy atom. The van der Waals surface area contributed by atoms with Crippen LogP contribution < -0.4 is 9.47 Å². The van der Waals surface area contributed by atoms with E-state index in [-0.39, 0.29) is 6.10 Å². The number of thioether (sulfide) groups is 1. The highest BCUT2D eigenvalue weighted by Crippen LogP contribution is 2.37. The number of rotatable bonds is 5. The molecule has 1 aromatic heterocycles. The minimum absolute atomic E-state index is 0.350. The molecule has 0 fully saturated rings. The van der Waals surface area contributed by atoms with E-state index in [9.17, 15) is 0 Å². The van der Waals surface area contributed by atoms with E-state index in [1.807, 2.05) is 83.4 Å². The third kappa shape index (κ3) is 3.88. The van der Waals surface area contributed by atoms with Gasteiger partial charge in [-0.25, -0.2) is 0 Å². The SMILES string of the molecule is Clc1ccc(CSc2nnc(C3COc4ccccc4O3)n2-c2ccccc2)cc1. The van der Waals surface area contributed by atoms with Gasteiger partial charge in [-0.1, -0.05) is 65.8 Å². The van der Waals surface area contributed by atoms with Gasteiger partial charge in [0.25, 0.3) is 0 Å². The van der Waals surface area contributed by atoms with Crippen molar-refractivity contribution in [2.24, 2.45) is 0 Å². The Labute approximate surface area is 183 Å². The van der Waals surface area contributed by atoms with Crippen molar-refractivity contribution in [3.8, 4) is 17.2 Å². The van der Waals surface area contributed by atoms with Crippen LogP contribution in [0.5, 0.6) is 11.5 Å². The topological polar surface area (TPSA) is 49.2 Å². The van der Waals surface area contributed by atoms with Crippen LogP contribution in [0.1, 0.15) is 17.5 Å². The van der Waals surface area contributed by atoms with Crippen molar-refractivity contribution in [2.75, 3.05) is 6.61 Å². The zero-order chi connectivity index (χ0) is 20.3. The number of halogens is 1. The van der Waals surface area contributed by atoms with Crippen molar-refractivity contribution in [1.82, 2.24) is 14.8 Å². The first-order chi connectivity index (χ1) is 14.8. The van der Waals surface area contributed by atoms with Gasteiger partial charge in [0.2, 0.25) is 0 Å². The van der Waals surface area contributed by atoms with Crippen molar-refractivity contribution >= 4 is 23.4 Å². The fourth-order valence-corrected chi connectivity index (χ4v) is 4.32. The molecule has 0 radical (unpaired) electrons. The molecule has 0 saturated carbocycles.